The van der Waals surface area contributed by atoms with E-state index in [1.165, 1.54) is 7.05 Å². The molecule has 0 aliphatic heterocycles. The van der Waals surface area contributed by atoms with E-state index in [4.69, 9.17) is 0 Å². The zero-order valence-corrected chi connectivity index (χ0v) is 14.1. The van der Waals surface area contributed by atoms with Crippen LogP contribution in [0, 0.1) is 0 Å². The van der Waals surface area contributed by atoms with Crippen LogP contribution in [0.3, 0.4) is 0 Å². The molecule has 3 heterocycles. The summed E-state index contributed by atoms with van der Waals surface area (Å²) < 4.78 is 27.0. The maximum Gasteiger partial charge on any atom is 0.213 e. The first-order valence-corrected chi connectivity index (χ1v) is 8.90. The lowest BCUT2D eigenvalue weighted by Crippen LogP contribution is -2.26. The van der Waals surface area contributed by atoms with Crippen LogP contribution in [-0.4, -0.2) is 52.5 Å². The zero-order valence-electron chi connectivity index (χ0n) is 13.3. The van der Waals surface area contributed by atoms with E-state index >= 15 is 0 Å². The number of aromatic nitrogens is 5. The fourth-order valence-corrected chi connectivity index (χ4v) is 2.76. The molecule has 2 N–H and O–H groups in total. The Morgan fingerprint density at radius 3 is 2.79 bits per heavy atom. The summed E-state index contributed by atoms with van der Waals surface area (Å²) in [5, 5.41) is 7.98. The highest BCUT2D eigenvalue weighted by molar-refractivity contribution is 7.89. The van der Waals surface area contributed by atoms with Gasteiger partial charge in [-0.05, 0) is 19.2 Å². The van der Waals surface area contributed by atoms with Gasteiger partial charge < -0.3 is 5.32 Å². The molecule has 0 aromatic carbocycles. The number of nitrogens with one attached hydrogen (secondary N) is 2. The fourth-order valence-electron chi connectivity index (χ4n) is 2.19. The summed E-state index contributed by atoms with van der Waals surface area (Å²) in [6, 6.07) is 3.67. The van der Waals surface area contributed by atoms with Gasteiger partial charge in [0.05, 0.1) is 17.3 Å². The van der Waals surface area contributed by atoms with Gasteiger partial charge in [-0.1, -0.05) is 0 Å². The lowest BCUT2D eigenvalue weighted by molar-refractivity contribution is 0.588. The van der Waals surface area contributed by atoms with Gasteiger partial charge in [-0.3, -0.25) is 9.67 Å². The van der Waals surface area contributed by atoms with Crippen molar-refractivity contribution in [2.24, 2.45) is 7.05 Å². The molecule has 3 rings (SSSR count). The number of anilines is 1. The fraction of sp³-hybridized carbons (Fsp3) is 0.286. The lowest BCUT2D eigenvalue weighted by Gasteiger charge is -2.09. The number of rotatable bonds is 6. The van der Waals surface area contributed by atoms with Crippen LogP contribution in [-0.2, 0) is 17.1 Å². The normalized spacial score (nSPS) is 11.8. The minimum Gasteiger partial charge on any atom is -0.368 e. The van der Waals surface area contributed by atoms with E-state index in [0.717, 1.165) is 10.9 Å². The quantitative estimate of drug-likeness (QED) is 0.662. The average molecular weight is 347 g/mol. The Hall–Kier alpha value is -2.59. The molecule has 0 amide bonds. The Morgan fingerprint density at radius 1 is 1.25 bits per heavy atom. The van der Waals surface area contributed by atoms with Crippen molar-refractivity contribution in [2.45, 2.75) is 0 Å². The summed E-state index contributed by atoms with van der Waals surface area (Å²) in [6.45, 7) is 0.219. The number of fused-ring (bicyclic) bond motifs is 1. The molecule has 9 nitrogen and oxygen atoms in total. The maximum atomic E-state index is 11.5. The minimum atomic E-state index is -3.29. The molecule has 0 atom stereocenters. The van der Waals surface area contributed by atoms with Crippen molar-refractivity contribution in [3.05, 3.63) is 30.7 Å². The molecular formula is C14H17N7O2S. The topological polar surface area (TPSA) is 115 Å². The number of hydrogen-bond donors (Lipinski definition) is 2. The van der Waals surface area contributed by atoms with Crippen LogP contribution in [0.25, 0.3) is 22.4 Å². The average Bonchev–Trinajstić information content (AvgIpc) is 2.97. The standard InChI is InChI=1S/C14H17N7O2S/c1-15-24(22,23)7-6-17-13-11-9-18-21(2)14(11)20-12(19-13)10-4-3-5-16-8-10/h3-5,8-9,15H,6-7H2,1-2H3,(H,17,19,20). The molecule has 0 bridgehead atoms. The summed E-state index contributed by atoms with van der Waals surface area (Å²) >= 11 is 0. The van der Waals surface area contributed by atoms with E-state index in [9.17, 15) is 8.42 Å². The molecule has 3 aromatic rings. The molecule has 0 saturated heterocycles. The van der Waals surface area contributed by atoms with Gasteiger partial charge in [0, 0.05) is 31.5 Å². The van der Waals surface area contributed by atoms with E-state index in [-0.39, 0.29) is 12.3 Å². The molecular weight excluding hydrogens is 330 g/mol. The smallest absolute Gasteiger partial charge is 0.213 e. The molecule has 3 aromatic heterocycles. The van der Waals surface area contributed by atoms with Gasteiger partial charge >= 0.3 is 0 Å². The Kier molecular flexibility index (Phi) is 4.40. The van der Waals surface area contributed by atoms with Crippen LogP contribution >= 0.6 is 0 Å². The predicted octanol–water partition coefficient (Wildman–Crippen LogP) is 0.386. The Labute approximate surface area is 139 Å². The second kappa shape index (κ2) is 6.49. The van der Waals surface area contributed by atoms with E-state index < -0.39 is 10.0 Å². The summed E-state index contributed by atoms with van der Waals surface area (Å²) in [5.74, 6) is 0.980. The van der Waals surface area contributed by atoms with Gasteiger partial charge in [-0.15, -0.1) is 0 Å². The highest BCUT2D eigenvalue weighted by atomic mass is 32.2. The van der Waals surface area contributed by atoms with Crippen LogP contribution in [0.1, 0.15) is 0 Å². The highest BCUT2D eigenvalue weighted by Gasteiger charge is 2.14. The monoisotopic (exact) mass is 347 g/mol. The first-order valence-electron chi connectivity index (χ1n) is 7.25. The van der Waals surface area contributed by atoms with Crippen LogP contribution in [0.5, 0.6) is 0 Å². The first-order chi connectivity index (χ1) is 11.5. The van der Waals surface area contributed by atoms with E-state index in [1.807, 2.05) is 6.07 Å². The van der Waals surface area contributed by atoms with Crippen molar-refractivity contribution < 1.29 is 8.42 Å². The largest absolute Gasteiger partial charge is 0.368 e. The van der Waals surface area contributed by atoms with Gasteiger partial charge in [0.15, 0.2) is 11.5 Å². The third kappa shape index (κ3) is 3.34. The Balaban J connectivity index is 1.97. The van der Waals surface area contributed by atoms with Crippen LogP contribution in [0.2, 0.25) is 0 Å². The van der Waals surface area contributed by atoms with Gasteiger partial charge in [-0.2, -0.15) is 5.10 Å². The van der Waals surface area contributed by atoms with E-state index in [1.54, 1.807) is 36.4 Å². The van der Waals surface area contributed by atoms with Crippen LogP contribution in [0.4, 0.5) is 5.82 Å². The second-order valence-corrected chi connectivity index (χ2v) is 7.14. The predicted molar refractivity (Wildman–Crippen MR) is 90.9 cm³/mol. The molecule has 0 fully saturated rings. The van der Waals surface area contributed by atoms with E-state index in [0.29, 0.717) is 17.3 Å². The maximum absolute atomic E-state index is 11.5. The molecule has 0 spiro atoms. The van der Waals surface area contributed by atoms with Crippen LogP contribution in [0.15, 0.2) is 30.7 Å². The second-order valence-electron chi connectivity index (χ2n) is 5.09. The highest BCUT2D eigenvalue weighted by Crippen LogP contribution is 2.23. The third-order valence-corrected chi connectivity index (χ3v) is 4.85. The van der Waals surface area contributed by atoms with Crippen molar-refractivity contribution in [2.75, 3.05) is 24.7 Å². The zero-order chi connectivity index (χ0) is 17.2. The first kappa shape index (κ1) is 16.3. The van der Waals surface area contributed by atoms with Gasteiger partial charge in [0.2, 0.25) is 10.0 Å². The summed E-state index contributed by atoms with van der Waals surface area (Å²) in [6.07, 6.45) is 5.00. The molecule has 0 unspecified atom stereocenters. The number of pyridine rings is 1. The minimum absolute atomic E-state index is 0.0581. The third-order valence-electron chi connectivity index (χ3n) is 3.49. The van der Waals surface area contributed by atoms with Gasteiger partial charge in [0.25, 0.3) is 0 Å². The Morgan fingerprint density at radius 2 is 2.08 bits per heavy atom. The lowest BCUT2D eigenvalue weighted by atomic mass is 10.2. The molecule has 0 saturated carbocycles. The van der Waals surface area contributed by atoms with Gasteiger partial charge in [0.1, 0.15) is 5.82 Å². The molecule has 10 heteroatoms. The molecule has 126 valence electrons. The Bertz CT molecular complexity index is 954. The van der Waals surface area contributed by atoms with Crippen LogP contribution < -0.4 is 10.0 Å². The number of nitrogens with zero attached hydrogens (tertiary/aromatic N) is 5. The van der Waals surface area contributed by atoms with Crippen molar-refractivity contribution in [3.63, 3.8) is 0 Å². The van der Waals surface area contributed by atoms with Crippen molar-refractivity contribution in [3.8, 4) is 11.4 Å². The molecule has 0 radical (unpaired) electrons. The number of hydrogen-bond acceptors (Lipinski definition) is 7. The number of aryl methyl sites for hydroxylation is 1. The van der Waals surface area contributed by atoms with Crippen molar-refractivity contribution in [1.82, 2.24) is 29.5 Å². The molecule has 24 heavy (non-hydrogen) atoms. The summed E-state index contributed by atoms with van der Waals surface area (Å²) in [5.41, 5.74) is 1.43. The molecule has 0 aliphatic carbocycles. The van der Waals surface area contributed by atoms with Gasteiger partial charge in [-0.25, -0.2) is 23.1 Å². The molecule has 0 aliphatic rings. The summed E-state index contributed by atoms with van der Waals surface area (Å²) in [4.78, 5) is 13.1. The SMILES string of the molecule is CNS(=O)(=O)CCNc1nc(-c2cccnc2)nc2c1cnn2C. The van der Waals surface area contributed by atoms with Crippen molar-refractivity contribution >= 4 is 26.9 Å². The van der Waals surface area contributed by atoms with Crippen molar-refractivity contribution in [1.29, 1.82) is 0 Å². The van der Waals surface area contributed by atoms with E-state index in [2.05, 4.69) is 30.1 Å². The number of sulfonamides is 1. The summed E-state index contributed by atoms with van der Waals surface area (Å²) in [7, 11) is -0.109.